The monoisotopic (exact) mass is 410 g/mol. The quantitative estimate of drug-likeness (QED) is 0.591. The van der Waals surface area contributed by atoms with E-state index in [0.29, 0.717) is 30.6 Å². The Morgan fingerprint density at radius 3 is 2.20 bits per heavy atom. The first-order chi connectivity index (χ1) is 14.3. The van der Waals surface area contributed by atoms with Gasteiger partial charge in [0.25, 0.3) is 0 Å². The van der Waals surface area contributed by atoms with Crippen LogP contribution >= 0.6 is 0 Å². The summed E-state index contributed by atoms with van der Waals surface area (Å²) >= 11 is 0. The Hall–Kier alpha value is -3.35. The van der Waals surface area contributed by atoms with Gasteiger partial charge in [-0.2, -0.15) is 0 Å². The summed E-state index contributed by atoms with van der Waals surface area (Å²) in [6, 6.07) is 13.1. The molecule has 0 unspecified atom stereocenters. The molecule has 0 atom stereocenters. The number of carbonyl (C=O) groups excluding carboxylic acids is 3. The molecule has 2 aromatic carbocycles. The van der Waals surface area contributed by atoms with E-state index in [-0.39, 0.29) is 24.3 Å². The minimum Gasteiger partial charge on any atom is -0.376 e. The van der Waals surface area contributed by atoms with Gasteiger partial charge in [-0.15, -0.1) is 0 Å². The van der Waals surface area contributed by atoms with E-state index in [1.807, 2.05) is 37.3 Å². The van der Waals surface area contributed by atoms with Crippen molar-refractivity contribution in [1.29, 1.82) is 0 Å². The molecule has 0 bridgehead atoms. The minimum absolute atomic E-state index is 0.0737. The third-order valence-electron chi connectivity index (χ3n) is 4.71. The molecule has 0 saturated carbocycles. The van der Waals surface area contributed by atoms with Crippen molar-refractivity contribution < 1.29 is 14.4 Å². The highest BCUT2D eigenvalue weighted by molar-refractivity contribution is 5.97. The largest absolute Gasteiger partial charge is 0.376 e. The summed E-state index contributed by atoms with van der Waals surface area (Å²) in [5.74, 6) is -0.180. The number of aryl methyl sites for hydroxylation is 1. The zero-order valence-electron chi connectivity index (χ0n) is 18.0. The highest BCUT2D eigenvalue weighted by atomic mass is 16.2. The van der Waals surface area contributed by atoms with E-state index >= 15 is 0 Å². The van der Waals surface area contributed by atoms with Crippen LogP contribution in [0.2, 0.25) is 0 Å². The molecule has 2 rings (SSSR count). The Labute approximate surface area is 177 Å². The van der Waals surface area contributed by atoms with Gasteiger partial charge in [-0.3, -0.25) is 14.4 Å². The highest BCUT2D eigenvalue weighted by Crippen LogP contribution is 2.23. The number of amides is 3. The van der Waals surface area contributed by atoms with Gasteiger partial charge >= 0.3 is 0 Å². The summed E-state index contributed by atoms with van der Waals surface area (Å²) in [4.78, 5) is 37.4. The first-order valence-corrected chi connectivity index (χ1v) is 10.0. The maximum atomic E-state index is 12.4. The van der Waals surface area contributed by atoms with Gasteiger partial charge in [-0.25, -0.2) is 0 Å². The van der Waals surface area contributed by atoms with E-state index < -0.39 is 0 Å². The fourth-order valence-electron chi connectivity index (χ4n) is 2.83. The Bertz CT molecular complexity index is 909. The SMILES string of the molecule is CCC(=O)Nc1cccc(NC(=O)CNc2cccc(CCC(=O)N(C)C)c2)c1C. The summed E-state index contributed by atoms with van der Waals surface area (Å²) < 4.78 is 0. The van der Waals surface area contributed by atoms with Crippen LogP contribution in [0.5, 0.6) is 0 Å². The predicted molar refractivity (Wildman–Crippen MR) is 121 cm³/mol. The molecular weight excluding hydrogens is 380 g/mol. The van der Waals surface area contributed by atoms with E-state index in [1.165, 1.54) is 0 Å². The molecule has 160 valence electrons. The number of benzene rings is 2. The van der Waals surface area contributed by atoms with Gasteiger partial charge in [-0.1, -0.05) is 25.1 Å². The topological polar surface area (TPSA) is 90.5 Å². The molecule has 30 heavy (non-hydrogen) atoms. The first-order valence-electron chi connectivity index (χ1n) is 10.0. The fraction of sp³-hybridized carbons (Fsp3) is 0.348. The number of hydrogen-bond donors (Lipinski definition) is 3. The maximum absolute atomic E-state index is 12.4. The molecule has 3 amide bonds. The average molecular weight is 411 g/mol. The van der Waals surface area contributed by atoms with E-state index in [1.54, 1.807) is 38.1 Å². The Kier molecular flexibility index (Phi) is 8.41. The normalized spacial score (nSPS) is 10.3. The molecular formula is C23H30N4O3. The van der Waals surface area contributed by atoms with Crippen molar-refractivity contribution in [2.45, 2.75) is 33.1 Å². The van der Waals surface area contributed by atoms with Crippen molar-refractivity contribution in [2.24, 2.45) is 0 Å². The molecule has 7 heteroatoms. The van der Waals surface area contributed by atoms with Crippen LogP contribution in [-0.4, -0.2) is 43.3 Å². The van der Waals surface area contributed by atoms with Gasteiger partial charge < -0.3 is 20.9 Å². The number of nitrogens with zero attached hydrogens (tertiary/aromatic N) is 1. The Morgan fingerprint density at radius 2 is 1.57 bits per heavy atom. The summed E-state index contributed by atoms with van der Waals surface area (Å²) in [5.41, 5.74) is 4.01. The van der Waals surface area contributed by atoms with E-state index in [4.69, 9.17) is 0 Å². The summed E-state index contributed by atoms with van der Waals surface area (Å²) in [6.07, 6.45) is 1.48. The van der Waals surface area contributed by atoms with Crippen molar-refractivity contribution in [1.82, 2.24) is 4.90 Å². The summed E-state index contributed by atoms with van der Waals surface area (Å²) in [6.45, 7) is 3.74. The van der Waals surface area contributed by atoms with Gasteiger partial charge in [0, 0.05) is 44.0 Å². The third kappa shape index (κ3) is 6.92. The smallest absolute Gasteiger partial charge is 0.243 e. The van der Waals surface area contributed by atoms with Crippen molar-refractivity contribution in [3.8, 4) is 0 Å². The van der Waals surface area contributed by atoms with Crippen molar-refractivity contribution >= 4 is 34.8 Å². The van der Waals surface area contributed by atoms with Gasteiger partial charge in [0.05, 0.1) is 6.54 Å². The average Bonchev–Trinajstić information content (AvgIpc) is 2.73. The van der Waals surface area contributed by atoms with E-state index in [9.17, 15) is 14.4 Å². The van der Waals surface area contributed by atoms with E-state index in [0.717, 1.165) is 16.8 Å². The van der Waals surface area contributed by atoms with Crippen LogP contribution in [0, 0.1) is 6.92 Å². The van der Waals surface area contributed by atoms with Crippen LogP contribution in [0.15, 0.2) is 42.5 Å². The second kappa shape index (κ2) is 11.0. The second-order valence-electron chi connectivity index (χ2n) is 7.27. The van der Waals surface area contributed by atoms with Gasteiger partial charge in [0.2, 0.25) is 17.7 Å². The lowest BCUT2D eigenvalue weighted by atomic mass is 10.1. The van der Waals surface area contributed by atoms with E-state index in [2.05, 4.69) is 16.0 Å². The van der Waals surface area contributed by atoms with Crippen molar-refractivity contribution in [3.63, 3.8) is 0 Å². The maximum Gasteiger partial charge on any atom is 0.243 e. The highest BCUT2D eigenvalue weighted by Gasteiger charge is 2.10. The van der Waals surface area contributed by atoms with Gasteiger partial charge in [0.15, 0.2) is 0 Å². The first kappa shape index (κ1) is 22.9. The number of rotatable bonds is 9. The second-order valence-corrected chi connectivity index (χ2v) is 7.27. The zero-order valence-corrected chi connectivity index (χ0v) is 18.0. The molecule has 0 aliphatic heterocycles. The molecule has 0 aromatic heterocycles. The predicted octanol–water partition coefficient (Wildman–Crippen LogP) is 3.41. The van der Waals surface area contributed by atoms with Crippen LogP contribution in [0.25, 0.3) is 0 Å². The third-order valence-corrected chi connectivity index (χ3v) is 4.71. The Morgan fingerprint density at radius 1 is 0.933 bits per heavy atom. The summed E-state index contributed by atoms with van der Waals surface area (Å²) in [7, 11) is 3.49. The molecule has 0 radical (unpaired) electrons. The molecule has 0 spiro atoms. The standard InChI is InChI=1S/C23H30N4O3/c1-5-21(28)25-19-10-7-11-20(16(19)2)26-22(29)15-24-18-9-6-8-17(14-18)12-13-23(30)27(3)4/h6-11,14,24H,5,12-13,15H2,1-4H3,(H,25,28)(H,26,29). The lowest BCUT2D eigenvalue weighted by Crippen LogP contribution is -2.23. The molecule has 7 nitrogen and oxygen atoms in total. The van der Waals surface area contributed by atoms with Gasteiger partial charge in [-0.05, 0) is 48.7 Å². The molecule has 2 aromatic rings. The van der Waals surface area contributed by atoms with Crippen LogP contribution < -0.4 is 16.0 Å². The number of anilines is 3. The molecule has 0 heterocycles. The number of carbonyl (C=O) groups is 3. The summed E-state index contributed by atoms with van der Waals surface area (Å²) in [5, 5.41) is 8.82. The Balaban J connectivity index is 1.92. The van der Waals surface area contributed by atoms with Crippen LogP contribution in [-0.2, 0) is 20.8 Å². The molecule has 0 aliphatic carbocycles. The molecule has 0 fully saturated rings. The lowest BCUT2D eigenvalue weighted by Gasteiger charge is -2.14. The van der Waals surface area contributed by atoms with Crippen LogP contribution in [0.4, 0.5) is 17.1 Å². The van der Waals surface area contributed by atoms with Crippen LogP contribution in [0.3, 0.4) is 0 Å². The lowest BCUT2D eigenvalue weighted by molar-refractivity contribution is -0.128. The number of nitrogens with one attached hydrogen (secondary N) is 3. The van der Waals surface area contributed by atoms with Crippen LogP contribution in [0.1, 0.15) is 30.9 Å². The molecule has 3 N–H and O–H groups in total. The number of hydrogen-bond acceptors (Lipinski definition) is 4. The molecule has 0 saturated heterocycles. The van der Waals surface area contributed by atoms with Crippen molar-refractivity contribution in [3.05, 3.63) is 53.6 Å². The fourth-order valence-corrected chi connectivity index (χ4v) is 2.83. The molecule has 0 aliphatic rings. The van der Waals surface area contributed by atoms with Crippen molar-refractivity contribution in [2.75, 3.05) is 36.6 Å². The zero-order chi connectivity index (χ0) is 22.1. The van der Waals surface area contributed by atoms with Gasteiger partial charge in [0.1, 0.15) is 0 Å². The minimum atomic E-state index is -0.190.